The summed E-state index contributed by atoms with van der Waals surface area (Å²) in [6, 6.07) is 4.58. The number of carboxylic acids is 1. The Morgan fingerprint density at radius 2 is 2.28 bits per heavy atom. The van der Waals surface area contributed by atoms with Crippen LogP contribution in [0.4, 0.5) is 4.39 Å². The Morgan fingerprint density at radius 1 is 1.56 bits per heavy atom. The standard InChI is InChI=1S/C12H9ClFNO2S/c1-2-8-10(12(16)17)18-11(15-8)6-4-3-5-7(13)9(6)14/h3-5H,2H2,1H3,(H,16,17). The Labute approximate surface area is 112 Å². The normalized spacial score (nSPS) is 10.6. The fourth-order valence-electron chi connectivity index (χ4n) is 1.54. The average molecular weight is 286 g/mol. The second-order valence-corrected chi connectivity index (χ2v) is 4.96. The van der Waals surface area contributed by atoms with Crippen molar-refractivity contribution in [3.05, 3.63) is 39.6 Å². The molecule has 2 rings (SSSR count). The summed E-state index contributed by atoms with van der Waals surface area (Å²) in [5.41, 5.74) is 0.691. The van der Waals surface area contributed by atoms with E-state index in [1.165, 1.54) is 12.1 Å². The van der Waals surface area contributed by atoms with E-state index in [9.17, 15) is 9.18 Å². The third-order valence-electron chi connectivity index (χ3n) is 2.41. The Balaban J connectivity index is 2.58. The lowest BCUT2D eigenvalue weighted by atomic mass is 10.2. The molecule has 0 spiro atoms. The first-order chi connectivity index (χ1) is 8.54. The molecule has 3 nitrogen and oxygen atoms in total. The maximum Gasteiger partial charge on any atom is 0.347 e. The molecule has 1 N–H and O–H groups in total. The number of hydrogen-bond donors (Lipinski definition) is 1. The topological polar surface area (TPSA) is 50.2 Å². The van der Waals surface area contributed by atoms with Gasteiger partial charge in [0.1, 0.15) is 9.88 Å². The van der Waals surface area contributed by atoms with Crippen molar-refractivity contribution in [3.8, 4) is 10.6 Å². The van der Waals surface area contributed by atoms with E-state index >= 15 is 0 Å². The Morgan fingerprint density at radius 3 is 2.83 bits per heavy atom. The smallest absolute Gasteiger partial charge is 0.347 e. The van der Waals surface area contributed by atoms with E-state index in [1.807, 2.05) is 0 Å². The number of rotatable bonds is 3. The van der Waals surface area contributed by atoms with Crippen LogP contribution in [0.15, 0.2) is 18.2 Å². The lowest BCUT2D eigenvalue weighted by Crippen LogP contribution is -1.97. The van der Waals surface area contributed by atoms with E-state index < -0.39 is 11.8 Å². The maximum absolute atomic E-state index is 13.8. The van der Waals surface area contributed by atoms with Crippen molar-refractivity contribution in [2.45, 2.75) is 13.3 Å². The molecule has 0 bridgehead atoms. The monoisotopic (exact) mass is 285 g/mol. The summed E-state index contributed by atoms with van der Waals surface area (Å²) >= 11 is 6.65. The molecule has 0 aliphatic heterocycles. The quantitative estimate of drug-likeness (QED) is 0.931. The summed E-state index contributed by atoms with van der Waals surface area (Å²) < 4.78 is 13.8. The van der Waals surface area contributed by atoms with Gasteiger partial charge < -0.3 is 5.11 Å². The van der Waals surface area contributed by atoms with Gasteiger partial charge in [0.2, 0.25) is 0 Å². The Hall–Kier alpha value is -1.46. The van der Waals surface area contributed by atoms with Gasteiger partial charge in [-0.15, -0.1) is 11.3 Å². The summed E-state index contributed by atoms with van der Waals surface area (Å²) in [5.74, 6) is -1.62. The Kier molecular flexibility index (Phi) is 3.63. The molecule has 94 valence electrons. The molecule has 0 amide bonds. The van der Waals surface area contributed by atoms with Gasteiger partial charge in [0.15, 0.2) is 5.82 Å². The predicted octanol–water partition coefficient (Wildman–Crippen LogP) is 3.86. The molecule has 0 saturated carbocycles. The van der Waals surface area contributed by atoms with Crippen molar-refractivity contribution < 1.29 is 14.3 Å². The zero-order valence-corrected chi connectivity index (χ0v) is 11.0. The van der Waals surface area contributed by atoms with Crippen LogP contribution in [0.2, 0.25) is 5.02 Å². The van der Waals surface area contributed by atoms with Gasteiger partial charge in [0, 0.05) is 5.56 Å². The molecule has 0 aliphatic carbocycles. The second kappa shape index (κ2) is 5.04. The second-order valence-electron chi connectivity index (χ2n) is 3.55. The zero-order valence-electron chi connectivity index (χ0n) is 9.41. The number of hydrogen-bond acceptors (Lipinski definition) is 3. The number of aromatic carboxylic acids is 1. The van der Waals surface area contributed by atoms with E-state index in [4.69, 9.17) is 16.7 Å². The van der Waals surface area contributed by atoms with Gasteiger partial charge in [0.25, 0.3) is 0 Å². The SMILES string of the molecule is CCc1nc(-c2cccc(Cl)c2F)sc1C(=O)O. The number of halogens is 2. The molecule has 0 aliphatic rings. The molecule has 18 heavy (non-hydrogen) atoms. The van der Waals surface area contributed by atoms with Crippen LogP contribution in [-0.2, 0) is 6.42 Å². The largest absolute Gasteiger partial charge is 0.477 e. The first-order valence-corrected chi connectivity index (χ1v) is 6.41. The van der Waals surface area contributed by atoms with Crippen LogP contribution in [0.5, 0.6) is 0 Å². The zero-order chi connectivity index (χ0) is 13.3. The van der Waals surface area contributed by atoms with Crippen molar-refractivity contribution in [3.63, 3.8) is 0 Å². The van der Waals surface area contributed by atoms with Crippen LogP contribution >= 0.6 is 22.9 Å². The Bertz CT molecular complexity index is 612. The van der Waals surface area contributed by atoms with E-state index in [-0.39, 0.29) is 15.5 Å². The maximum atomic E-state index is 13.8. The number of aromatic nitrogens is 1. The number of carboxylic acid groups (broad SMARTS) is 1. The highest BCUT2D eigenvalue weighted by atomic mass is 35.5. The minimum atomic E-state index is -1.04. The fourth-order valence-corrected chi connectivity index (χ4v) is 2.73. The van der Waals surface area contributed by atoms with Crippen molar-refractivity contribution in [1.82, 2.24) is 4.98 Å². The highest BCUT2D eigenvalue weighted by molar-refractivity contribution is 7.17. The van der Waals surface area contributed by atoms with Crippen LogP contribution in [0.25, 0.3) is 10.6 Å². The summed E-state index contributed by atoms with van der Waals surface area (Å²) in [6.07, 6.45) is 0.486. The first-order valence-electron chi connectivity index (χ1n) is 5.22. The van der Waals surface area contributed by atoms with E-state index in [0.717, 1.165) is 11.3 Å². The molecule has 1 aromatic carbocycles. The number of benzene rings is 1. The summed E-state index contributed by atoms with van der Waals surface area (Å²) in [5, 5.41) is 9.37. The van der Waals surface area contributed by atoms with E-state index in [2.05, 4.69) is 4.98 Å². The number of nitrogens with zero attached hydrogens (tertiary/aromatic N) is 1. The van der Waals surface area contributed by atoms with Crippen LogP contribution in [0.1, 0.15) is 22.3 Å². The molecule has 2 aromatic rings. The molecular weight excluding hydrogens is 277 g/mol. The molecule has 0 atom stereocenters. The molecule has 0 saturated heterocycles. The minimum absolute atomic E-state index is 0.00220. The van der Waals surface area contributed by atoms with Gasteiger partial charge in [-0.2, -0.15) is 0 Å². The molecule has 0 radical (unpaired) electrons. The number of carbonyl (C=O) groups is 1. The van der Waals surface area contributed by atoms with Gasteiger partial charge in [-0.05, 0) is 18.6 Å². The fraction of sp³-hybridized carbons (Fsp3) is 0.167. The van der Waals surface area contributed by atoms with Crippen LogP contribution in [0.3, 0.4) is 0 Å². The van der Waals surface area contributed by atoms with Crippen molar-refractivity contribution >= 4 is 28.9 Å². The van der Waals surface area contributed by atoms with Crippen LogP contribution in [0, 0.1) is 5.82 Å². The highest BCUT2D eigenvalue weighted by Gasteiger charge is 2.19. The van der Waals surface area contributed by atoms with Crippen molar-refractivity contribution in [1.29, 1.82) is 0 Å². The van der Waals surface area contributed by atoms with E-state index in [1.54, 1.807) is 13.0 Å². The number of aryl methyl sites for hydroxylation is 1. The van der Waals surface area contributed by atoms with Crippen LogP contribution < -0.4 is 0 Å². The van der Waals surface area contributed by atoms with Gasteiger partial charge >= 0.3 is 5.97 Å². The molecular formula is C12H9ClFNO2S. The summed E-state index contributed by atoms with van der Waals surface area (Å²) in [4.78, 5) is 15.3. The molecule has 0 unspecified atom stereocenters. The average Bonchev–Trinajstić information content (AvgIpc) is 2.76. The first kappa shape index (κ1) is 13.0. The van der Waals surface area contributed by atoms with Crippen molar-refractivity contribution in [2.75, 3.05) is 0 Å². The summed E-state index contributed by atoms with van der Waals surface area (Å²) in [7, 11) is 0. The van der Waals surface area contributed by atoms with Gasteiger partial charge in [-0.25, -0.2) is 14.2 Å². The molecule has 1 heterocycles. The van der Waals surface area contributed by atoms with Crippen LogP contribution in [-0.4, -0.2) is 16.1 Å². The third kappa shape index (κ3) is 2.23. The highest BCUT2D eigenvalue weighted by Crippen LogP contribution is 2.32. The lowest BCUT2D eigenvalue weighted by Gasteiger charge is -1.99. The molecule has 1 aromatic heterocycles. The van der Waals surface area contributed by atoms with Crippen molar-refractivity contribution in [2.24, 2.45) is 0 Å². The summed E-state index contributed by atoms with van der Waals surface area (Å²) in [6.45, 7) is 1.81. The molecule has 0 fully saturated rings. The number of thiazole rings is 1. The minimum Gasteiger partial charge on any atom is -0.477 e. The predicted molar refractivity (Wildman–Crippen MR) is 68.9 cm³/mol. The van der Waals surface area contributed by atoms with Gasteiger partial charge in [-0.3, -0.25) is 0 Å². The van der Waals surface area contributed by atoms with E-state index in [0.29, 0.717) is 17.1 Å². The van der Waals surface area contributed by atoms with Gasteiger partial charge in [0.05, 0.1) is 10.7 Å². The lowest BCUT2D eigenvalue weighted by molar-refractivity contribution is 0.0701. The van der Waals surface area contributed by atoms with Gasteiger partial charge in [-0.1, -0.05) is 24.6 Å². The third-order valence-corrected chi connectivity index (χ3v) is 3.82. The molecule has 6 heteroatoms.